The Morgan fingerprint density at radius 3 is 3.08 bits per heavy atom. The lowest BCUT2D eigenvalue weighted by molar-refractivity contribution is 0.277. The van der Waals surface area contributed by atoms with E-state index in [1.165, 1.54) is 0 Å². The van der Waals surface area contributed by atoms with Crippen molar-refractivity contribution in [2.75, 3.05) is 19.7 Å². The summed E-state index contributed by atoms with van der Waals surface area (Å²) in [6.45, 7) is 3.03. The summed E-state index contributed by atoms with van der Waals surface area (Å²) in [5.41, 5.74) is 0. The van der Waals surface area contributed by atoms with E-state index in [-0.39, 0.29) is 6.61 Å². The van der Waals surface area contributed by atoms with Crippen molar-refractivity contribution in [1.82, 2.24) is 20.1 Å². The third-order valence-corrected chi connectivity index (χ3v) is 2.35. The molecule has 0 bridgehead atoms. The van der Waals surface area contributed by atoms with Crippen LogP contribution in [0.3, 0.4) is 0 Å². The molecule has 1 aliphatic heterocycles. The van der Waals surface area contributed by atoms with Crippen LogP contribution in [-0.4, -0.2) is 39.6 Å². The van der Waals surface area contributed by atoms with E-state index in [2.05, 4.69) is 15.5 Å². The summed E-state index contributed by atoms with van der Waals surface area (Å²) in [5.74, 6) is 1.56. The molecule has 13 heavy (non-hydrogen) atoms. The SMILES string of the molecule is OCCCn1cnnc1C1CNC1. The van der Waals surface area contributed by atoms with Crippen molar-refractivity contribution in [3.63, 3.8) is 0 Å². The highest BCUT2D eigenvalue weighted by Gasteiger charge is 2.23. The number of aromatic nitrogens is 3. The minimum absolute atomic E-state index is 0.223. The van der Waals surface area contributed by atoms with Crippen LogP contribution in [0, 0.1) is 0 Å². The van der Waals surface area contributed by atoms with Gasteiger partial charge in [0.25, 0.3) is 0 Å². The van der Waals surface area contributed by atoms with Gasteiger partial charge in [-0.15, -0.1) is 10.2 Å². The van der Waals surface area contributed by atoms with E-state index < -0.39 is 0 Å². The van der Waals surface area contributed by atoms with Gasteiger partial charge in [0.1, 0.15) is 12.2 Å². The first-order chi connectivity index (χ1) is 6.42. The van der Waals surface area contributed by atoms with Crippen molar-refractivity contribution in [3.8, 4) is 0 Å². The lowest BCUT2D eigenvalue weighted by Crippen LogP contribution is -2.41. The lowest BCUT2D eigenvalue weighted by atomic mass is 10.0. The summed E-state index contributed by atoms with van der Waals surface area (Å²) >= 11 is 0. The van der Waals surface area contributed by atoms with Gasteiger partial charge in [-0.1, -0.05) is 0 Å². The normalized spacial score (nSPS) is 17.3. The molecule has 0 amide bonds. The maximum absolute atomic E-state index is 8.70. The predicted molar refractivity (Wildman–Crippen MR) is 47.3 cm³/mol. The number of aliphatic hydroxyl groups excluding tert-OH is 1. The Kier molecular flexibility index (Phi) is 2.56. The fourth-order valence-electron chi connectivity index (χ4n) is 1.46. The zero-order valence-corrected chi connectivity index (χ0v) is 7.48. The molecule has 0 aliphatic carbocycles. The molecule has 0 unspecified atom stereocenters. The Balaban J connectivity index is 2.02. The number of rotatable bonds is 4. The Morgan fingerprint density at radius 1 is 1.62 bits per heavy atom. The van der Waals surface area contributed by atoms with Crippen LogP contribution in [0.4, 0.5) is 0 Å². The molecule has 0 atom stereocenters. The Hall–Kier alpha value is -0.940. The molecule has 2 rings (SSSR count). The van der Waals surface area contributed by atoms with Gasteiger partial charge in [-0.25, -0.2) is 0 Å². The van der Waals surface area contributed by atoms with Gasteiger partial charge in [-0.2, -0.15) is 0 Å². The van der Waals surface area contributed by atoms with Gasteiger partial charge in [-0.05, 0) is 6.42 Å². The molecule has 2 heterocycles. The molecule has 5 nitrogen and oxygen atoms in total. The number of nitrogens with zero attached hydrogens (tertiary/aromatic N) is 3. The summed E-state index contributed by atoms with van der Waals surface area (Å²) in [6.07, 6.45) is 2.51. The smallest absolute Gasteiger partial charge is 0.138 e. The monoisotopic (exact) mass is 182 g/mol. The summed E-state index contributed by atoms with van der Waals surface area (Å²) in [5, 5.41) is 19.9. The minimum atomic E-state index is 0.223. The van der Waals surface area contributed by atoms with Crippen LogP contribution in [0.5, 0.6) is 0 Å². The molecule has 5 heteroatoms. The summed E-state index contributed by atoms with van der Waals surface area (Å²) in [6, 6.07) is 0. The molecule has 0 aromatic carbocycles. The van der Waals surface area contributed by atoms with Crippen molar-refractivity contribution in [1.29, 1.82) is 0 Å². The van der Waals surface area contributed by atoms with Gasteiger partial charge in [0.2, 0.25) is 0 Å². The molecule has 0 saturated carbocycles. The summed E-state index contributed by atoms with van der Waals surface area (Å²) in [4.78, 5) is 0. The molecule has 1 aromatic rings. The van der Waals surface area contributed by atoms with Crippen LogP contribution >= 0.6 is 0 Å². The van der Waals surface area contributed by atoms with Crippen LogP contribution in [0.15, 0.2) is 6.33 Å². The third kappa shape index (κ3) is 1.71. The van der Waals surface area contributed by atoms with E-state index in [1.807, 2.05) is 4.57 Å². The Bertz CT molecular complexity index is 269. The van der Waals surface area contributed by atoms with Crippen molar-refractivity contribution in [2.24, 2.45) is 0 Å². The molecule has 1 aliphatic rings. The largest absolute Gasteiger partial charge is 0.396 e. The second-order valence-corrected chi connectivity index (χ2v) is 3.31. The van der Waals surface area contributed by atoms with Crippen molar-refractivity contribution < 1.29 is 5.11 Å². The van der Waals surface area contributed by atoms with E-state index in [4.69, 9.17) is 5.11 Å². The Morgan fingerprint density at radius 2 is 2.46 bits per heavy atom. The van der Waals surface area contributed by atoms with E-state index in [1.54, 1.807) is 6.33 Å². The molecular weight excluding hydrogens is 168 g/mol. The summed E-state index contributed by atoms with van der Waals surface area (Å²) in [7, 11) is 0. The van der Waals surface area contributed by atoms with E-state index in [0.29, 0.717) is 5.92 Å². The number of nitrogens with one attached hydrogen (secondary N) is 1. The van der Waals surface area contributed by atoms with E-state index >= 15 is 0 Å². The van der Waals surface area contributed by atoms with Crippen molar-refractivity contribution in [3.05, 3.63) is 12.2 Å². The second kappa shape index (κ2) is 3.85. The number of aryl methyl sites for hydroxylation is 1. The van der Waals surface area contributed by atoms with Crippen LogP contribution in [0.1, 0.15) is 18.2 Å². The molecule has 0 spiro atoms. The topological polar surface area (TPSA) is 63.0 Å². The quantitative estimate of drug-likeness (QED) is 0.649. The zero-order chi connectivity index (χ0) is 9.10. The maximum Gasteiger partial charge on any atom is 0.138 e. The predicted octanol–water partition coefficient (Wildman–Crippen LogP) is -0.653. The molecule has 1 aromatic heterocycles. The highest BCUT2D eigenvalue weighted by Crippen LogP contribution is 2.16. The van der Waals surface area contributed by atoms with E-state index in [0.717, 1.165) is 31.9 Å². The molecular formula is C8H14N4O. The van der Waals surface area contributed by atoms with Gasteiger partial charge < -0.3 is 15.0 Å². The highest BCUT2D eigenvalue weighted by molar-refractivity contribution is 5.03. The average Bonchev–Trinajstić information content (AvgIpc) is 2.46. The second-order valence-electron chi connectivity index (χ2n) is 3.31. The Labute approximate surface area is 76.8 Å². The average molecular weight is 182 g/mol. The van der Waals surface area contributed by atoms with Gasteiger partial charge in [-0.3, -0.25) is 0 Å². The molecule has 0 radical (unpaired) electrons. The van der Waals surface area contributed by atoms with Crippen LogP contribution in [0.2, 0.25) is 0 Å². The van der Waals surface area contributed by atoms with E-state index in [9.17, 15) is 0 Å². The molecule has 1 fully saturated rings. The third-order valence-electron chi connectivity index (χ3n) is 2.35. The highest BCUT2D eigenvalue weighted by atomic mass is 16.3. The first kappa shape index (κ1) is 8.65. The van der Waals surface area contributed by atoms with Crippen molar-refractivity contribution in [2.45, 2.75) is 18.9 Å². The molecule has 72 valence electrons. The van der Waals surface area contributed by atoms with Gasteiger partial charge >= 0.3 is 0 Å². The summed E-state index contributed by atoms with van der Waals surface area (Å²) < 4.78 is 2.03. The van der Waals surface area contributed by atoms with Gasteiger partial charge in [0.05, 0.1) is 0 Å². The first-order valence-corrected chi connectivity index (χ1v) is 4.61. The molecule has 1 saturated heterocycles. The maximum atomic E-state index is 8.70. The fraction of sp³-hybridized carbons (Fsp3) is 0.750. The van der Waals surface area contributed by atoms with Gasteiger partial charge in [0, 0.05) is 32.2 Å². The van der Waals surface area contributed by atoms with Crippen LogP contribution in [0.25, 0.3) is 0 Å². The fourth-order valence-corrected chi connectivity index (χ4v) is 1.46. The van der Waals surface area contributed by atoms with Crippen LogP contribution < -0.4 is 5.32 Å². The number of hydrogen-bond acceptors (Lipinski definition) is 4. The zero-order valence-electron chi connectivity index (χ0n) is 7.48. The first-order valence-electron chi connectivity index (χ1n) is 4.61. The van der Waals surface area contributed by atoms with Crippen molar-refractivity contribution >= 4 is 0 Å². The molecule has 2 N–H and O–H groups in total. The lowest BCUT2D eigenvalue weighted by Gasteiger charge is -2.26. The number of hydrogen-bond donors (Lipinski definition) is 2. The van der Waals surface area contributed by atoms with Gasteiger partial charge in [0.15, 0.2) is 0 Å². The van der Waals surface area contributed by atoms with Crippen LogP contribution in [-0.2, 0) is 6.54 Å². The number of aliphatic hydroxyl groups is 1. The minimum Gasteiger partial charge on any atom is -0.396 e. The standard InChI is InChI=1S/C8H14N4O/c13-3-1-2-12-6-10-11-8(12)7-4-9-5-7/h6-7,9,13H,1-5H2.